The molecule has 1 fully saturated rings. The second-order valence-corrected chi connectivity index (χ2v) is 6.95. The molecule has 5 nitrogen and oxygen atoms in total. The van der Waals surface area contributed by atoms with E-state index >= 15 is 0 Å². The molecule has 1 N–H and O–H groups in total. The lowest BCUT2D eigenvalue weighted by Gasteiger charge is -2.27. The highest BCUT2D eigenvalue weighted by Crippen LogP contribution is 2.24. The van der Waals surface area contributed by atoms with Crippen LogP contribution in [0.1, 0.15) is 42.6 Å². The molecular formula is C21H28N2O3. The van der Waals surface area contributed by atoms with Crippen LogP contribution in [0, 0.1) is 0 Å². The zero-order valence-corrected chi connectivity index (χ0v) is 15.4. The van der Waals surface area contributed by atoms with Crippen molar-refractivity contribution >= 4 is 5.91 Å². The van der Waals surface area contributed by atoms with Gasteiger partial charge in [0.25, 0.3) is 0 Å². The van der Waals surface area contributed by atoms with Gasteiger partial charge in [-0.05, 0) is 36.1 Å². The van der Waals surface area contributed by atoms with Crippen molar-refractivity contribution in [3.05, 3.63) is 59.5 Å². The number of amides is 1. The van der Waals surface area contributed by atoms with E-state index < -0.39 is 0 Å². The normalized spacial score (nSPS) is 14.8. The van der Waals surface area contributed by atoms with Gasteiger partial charge in [0.1, 0.15) is 5.76 Å². The number of carbonyl (C=O) groups excluding carboxylic acids is 1. The Hall–Kier alpha value is -2.11. The van der Waals surface area contributed by atoms with Crippen molar-refractivity contribution in [1.82, 2.24) is 10.2 Å². The lowest BCUT2D eigenvalue weighted by Crippen LogP contribution is -2.41. The Labute approximate surface area is 155 Å². The molecule has 1 heterocycles. The second-order valence-electron chi connectivity index (χ2n) is 6.95. The van der Waals surface area contributed by atoms with Gasteiger partial charge in [-0.15, -0.1) is 0 Å². The van der Waals surface area contributed by atoms with Gasteiger partial charge in [-0.2, -0.15) is 0 Å². The lowest BCUT2D eigenvalue weighted by molar-refractivity contribution is -0.123. The number of nitrogens with one attached hydrogen (secondary N) is 1. The van der Waals surface area contributed by atoms with Gasteiger partial charge in [0.15, 0.2) is 0 Å². The highest BCUT2D eigenvalue weighted by atomic mass is 16.5. The maximum absolute atomic E-state index is 12.5. The second kappa shape index (κ2) is 9.55. The van der Waals surface area contributed by atoms with Crippen molar-refractivity contribution in [2.24, 2.45) is 0 Å². The van der Waals surface area contributed by atoms with Crippen LogP contribution in [-0.4, -0.2) is 30.5 Å². The monoisotopic (exact) mass is 356 g/mol. The molecule has 26 heavy (non-hydrogen) atoms. The first kappa shape index (κ1) is 18.7. The molecule has 0 aliphatic heterocycles. The minimum Gasteiger partial charge on any atom is -0.468 e. The number of rotatable bonds is 9. The van der Waals surface area contributed by atoms with Gasteiger partial charge in [0.2, 0.25) is 5.91 Å². The predicted molar refractivity (Wildman–Crippen MR) is 100 cm³/mol. The number of nitrogens with zero attached hydrogens (tertiary/aromatic N) is 1. The third kappa shape index (κ3) is 5.44. The molecule has 0 saturated heterocycles. The van der Waals surface area contributed by atoms with Crippen LogP contribution >= 0.6 is 0 Å². The van der Waals surface area contributed by atoms with E-state index in [2.05, 4.69) is 10.2 Å². The molecule has 0 atom stereocenters. The Morgan fingerprint density at radius 1 is 1.19 bits per heavy atom. The molecule has 0 radical (unpaired) electrons. The molecular weight excluding hydrogens is 328 g/mol. The summed E-state index contributed by atoms with van der Waals surface area (Å²) in [5, 5.41) is 3.04. The molecule has 1 saturated carbocycles. The maximum atomic E-state index is 12.5. The zero-order valence-electron chi connectivity index (χ0n) is 15.4. The Kier molecular flexibility index (Phi) is 6.86. The molecule has 5 heteroatoms. The molecule has 0 spiro atoms. The third-order valence-corrected chi connectivity index (χ3v) is 4.95. The molecule has 1 aromatic heterocycles. The van der Waals surface area contributed by atoms with E-state index in [1.807, 2.05) is 36.4 Å². The van der Waals surface area contributed by atoms with E-state index in [0.717, 1.165) is 29.7 Å². The third-order valence-electron chi connectivity index (χ3n) is 4.95. The van der Waals surface area contributed by atoms with Crippen molar-refractivity contribution in [3.63, 3.8) is 0 Å². The van der Waals surface area contributed by atoms with Gasteiger partial charge < -0.3 is 14.5 Å². The van der Waals surface area contributed by atoms with Crippen LogP contribution in [0.4, 0.5) is 0 Å². The van der Waals surface area contributed by atoms with E-state index in [4.69, 9.17) is 9.15 Å². The number of hydrogen-bond donors (Lipinski definition) is 1. The molecule has 1 aromatic carbocycles. The van der Waals surface area contributed by atoms with Crippen LogP contribution in [0.25, 0.3) is 0 Å². The van der Waals surface area contributed by atoms with Crippen LogP contribution in [0.5, 0.6) is 0 Å². The van der Waals surface area contributed by atoms with Crippen molar-refractivity contribution in [2.45, 2.75) is 51.4 Å². The molecule has 3 rings (SSSR count). The van der Waals surface area contributed by atoms with Gasteiger partial charge in [-0.3, -0.25) is 9.69 Å². The minimum absolute atomic E-state index is 0.0597. The summed E-state index contributed by atoms with van der Waals surface area (Å²) in [6.07, 6.45) is 6.50. The smallest absolute Gasteiger partial charge is 0.234 e. The first-order valence-corrected chi connectivity index (χ1v) is 9.34. The molecule has 0 unspecified atom stereocenters. The van der Waals surface area contributed by atoms with Crippen molar-refractivity contribution in [2.75, 3.05) is 13.7 Å². The summed E-state index contributed by atoms with van der Waals surface area (Å²) in [5.41, 5.74) is 2.23. The Morgan fingerprint density at radius 2 is 1.92 bits per heavy atom. The Morgan fingerprint density at radius 3 is 2.58 bits per heavy atom. The van der Waals surface area contributed by atoms with Gasteiger partial charge in [0, 0.05) is 19.7 Å². The maximum Gasteiger partial charge on any atom is 0.234 e. The fraction of sp³-hybridized carbons (Fsp3) is 0.476. The summed E-state index contributed by atoms with van der Waals surface area (Å²) < 4.78 is 10.6. The van der Waals surface area contributed by atoms with Crippen LogP contribution in [0.15, 0.2) is 47.1 Å². The van der Waals surface area contributed by atoms with Crippen molar-refractivity contribution in [1.29, 1.82) is 0 Å². The Balaban J connectivity index is 1.51. The number of benzene rings is 1. The lowest BCUT2D eigenvalue weighted by atomic mass is 10.1. The Bertz CT molecular complexity index is 661. The van der Waals surface area contributed by atoms with Gasteiger partial charge in [-0.1, -0.05) is 37.1 Å². The topological polar surface area (TPSA) is 54.7 Å². The SMILES string of the molecule is COCc1ccc(CNC(=O)CN(Cc2ccco2)C2CCCC2)cc1. The number of hydrogen-bond acceptors (Lipinski definition) is 4. The van der Waals surface area contributed by atoms with E-state index in [1.165, 1.54) is 12.8 Å². The highest BCUT2D eigenvalue weighted by molar-refractivity contribution is 5.78. The van der Waals surface area contributed by atoms with Crippen LogP contribution < -0.4 is 5.32 Å². The summed E-state index contributed by atoms with van der Waals surface area (Å²) >= 11 is 0. The zero-order chi connectivity index (χ0) is 18.2. The summed E-state index contributed by atoms with van der Waals surface area (Å²) in [4.78, 5) is 14.7. The summed E-state index contributed by atoms with van der Waals surface area (Å²) in [7, 11) is 1.69. The molecule has 1 aliphatic carbocycles. The minimum atomic E-state index is 0.0597. The van der Waals surface area contributed by atoms with E-state index in [-0.39, 0.29) is 5.91 Å². The fourth-order valence-electron chi connectivity index (χ4n) is 3.55. The van der Waals surface area contributed by atoms with E-state index in [9.17, 15) is 4.79 Å². The number of ether oxygens (including phenoxy) is 1. The largest absolute Gasteiger partial charge is 0.468 e. The molecule has 140 valence electrons. The summed E-state index contributed by atoms with van der Waals surface area (Å²) in [6.45, 7) is 2.26. The highest BCUT2D eigenvalue weighted by Gasteiger charge is 2.25. The first-order valence-electron chi connectivity index (χ1n) is 9.34. The van der Waals surface area contributed by atoms with Crippen LogP contribution in [-0.2, 0) is 29.2 Å². The van der Waals surface area contributed by atoms with E-state index in [0.29, 0.717) is 32.3 Å². The van der Waals surface area contributed by atoms with E-state index in [1.54, 1.807) is 13.4 Å². The van der Waals surface area contributed by atoms with Gasteiger partial charge in [0.05, 0.1) is 26.0 Å². The number of carbonyl (C=O) groups is 1. The average Bonchev–Trinajstić information content (AvgIpc) is 3.35. The number of methoxy groups -OCH3 is 1. The molecule has 2 aromatic rings. The predicted octanol–water partition coefficient (Wildman–Crippen LogP) is 3.49. The summed E-state index contributed by atoms with van der Waals surface area (Å²) in [5.74, 6) is 0.975. The first-order chi connectivity index (χ1) is 12.7. The van der Waals surface area contributed by atoms with Crippen molar-refractivity contribution in [3.8, 4) is 0 Å². The van der Waals surface area contributed by atoms with Crippen LogP contribution in [0.3, 0.4) is 0 Å². The van der Waals surface area contributed by atoms with Crippen molar-refractivity contribution < 1.29 is 13.9 Å². The number of furan rings is 1. The van der Waals surface area contributed by atoms with Gasteiger partial charge in [-0.25, -0.2) is 0 Å². The average molecular weight is 356 g/mol. The summed E-state index contributed by atoms with van der Waals surface area (Å²) in [6, 6.07) is 12.5. The fourth-order valence-corrected chi connectivity index (χ4v) is 3.55. The standard InChI is InChI=1S/C21H28N2O3/c1-25-16-18-10-8-17(9-11-18)13-22-21(24)15-23(19-5-2-3-6-19)14-20-7-4-12-26-20/h4,7-12,19H,2-3,5-6,13-16H2,1H3,(H,22,24). The molecule has 1 amide bonds. The molecule has 0 bridgehead atoms. The van der Waals surface area contributed by atoms with Crippen LogP contribution in [0.2, 0.25) is 0 Å². The van der Waals surface area contributed by atoms with Gasteiger partial charge >= 0.3 is 0 Å². The quantitative estimate of drug-likeness (QED) is 0.747. The molecule has 1 aliphatic rings.